The number of benzene rings is 2. The Labute approximate surface area is 185 Å². The predicted molar refractivity (Wildman–Crippen MR) is 110 cm³/mol. The molecule has 0 heterocycles. The molecule has 2 N–H and O–H groups in total. The van der Waals surface area contributed by atoms with Crippen molar-refractivity contribution >= 4 is 63.9 Å². The first kappa shape index (κ1) is 22.1. The topological polar surface area (TPSA) is 58.2 Å². The van der Waals surface area contributed by atoms with Gasteiger partial charge in [0.05, 0.1) is 21.5 Å². The lowest BCUT2D eigenvalue weighted by molar-refractivity contribution is -0.117. The molecule has 29 heavy (non-hydrogen) atoms. The molecule has 1 saturated carbocycles. The van der Waals surface area contributed by atoms with Crippen LogP contribution < -0.4 is 10.6 Å². The van der Waals surface area contributed by atoms with E-state index in [1.54, 1.807) is 6.92 Å². The molecular formula is C19H14Cl4F2N2O2. The van der Waals surface area contributed by atoms with E-state index in [0.717, 1.165) is 6.07 Å². The van der Waals surface area contributed by atoms with Gasteiger partial charge in [-0.1, -0.05) is 29.3 Å². The Morgan fingerprint density at radius 1 is 1.10 bits per heavy atom. The summed E-state index contributed by atoms with van der Waals surface area (Å²) in [7, 11) is 0. The lowest BCUT2D eigenvalue weighted by Crippen LogP contribution is -2.24. The summed E-state index contributed by atoms with van der Waals surface area (Å²) in [5.74, 6) is -4.23. The van der Waals surface area contributed by atoms with E-state index in [0.29, 0.717) is 5.56 Å². The lowest BCUT2D eigenvalue weighted by atomic mass is 10.1. The van der Waals surface area contributed by atoms with Crippen LogP contribution in [0.3, 0.4) is 0 Å². The highest BCUT2D eigenvalue weighted by molar-refractivity contribution is 6.53. The standard InChI is InChI=1S/C19H14Cl4F2N2O2/c1-2-26-17(28)10-6-9(7-12(21)16(10)25)27-18(29)15-14(19(15,22)23)8-3-4-13(24)11(20)5-8/h3-7,14-15H,2H2,1H3,(H,26,28)(H,27,29)/t14-,15+/m0/s1. The van der Waals surface area contributed by atoms with Gasteiger partial charge in [0.25, 0.3) is 5.91 Å². The summed E-state index contributed by atoms with van der Waals surface area (Å²) in [5.41, 5.74) is 0.298. The Hall–Kier alpha value is -1.60. The van der Waals surface area contributed by atoms with E-state index in [1.165, 1.54) is 24.3 Å². The molecule has 2 atom stereocenters. The van der Waals surface area contributed by atoms with Crippen LogP contribution in [-0.2, 0) is 4.79 Å². The summed E-state index contributed by atoms with van der Waals surface area (Å²) in [6, 6.07) is 6.30. The smallest absolute Gasteiger partial charge is 0.254 e. The molecule has 0 aliphatic heterocycles. The summed E-state index contributed by atoms with van der Waals surface area (Å²) >= 11 is 24.2. The van der Waals surface area contributed by atoms with Crippen molar-refractivity contribution in [1.82, 2.24) is 5.32 Å². The summed E-state index contributed by atoms with van der Waals surface area (Å²) in [5, 5.41) is 4.56. The molecule has 1 aliphatic carbocycles. The molecule has 0 unspecified atom stereocenters. The maximum atomic E-state index is 14.1. The van der Waals surface area contributed by atoms with Gasteiger partial charge in [0.15, 0.2) is 5.82 Å². The van der Waals surface area contributed by atoms with Crippen molar-refractivity contribution in [1.29, 1.82) is 0 Å². The fourth-order valence-electron chi connectivity index (χ4n) is 3.08. The molecule has 4 nitrogen and oxygen atoms in total. The van der Waals surface area contributed by atoms with Gasteiger partial charge in [0, 0.05) is 18.2 Å². The normalized spacial score (nSPS) is 19.6. The average Bonchev–Trinajstić information content (AvgIpc) is 3.22. The predicted octanol–water partition coefficient (Wildman–Crippen LogP) is 5.55. The monoisotopic (exact) mass is 480 g/mol. The van der Waals surface area contributed by atoms with Gasteiger partial charge in [-0.2, -0.15) is 0 Å². The number of hydrogen-bond donors (Lipinski definition) is 2. The Morgan fingerprint density at radius 3 is 2.41 bits per heavy atom. The van der Waals surface area contributed by atoms with Crippen LogP contribution >= 0.6 is 46.4 Å². The Kier molecular flexibility index (Phi) is 6.30. The van der Waals surface area contributed by atoms with Crippen molar-refractivity contribution in [3.8, 4) is 0 Å². The Balaban J connectivity index is 1.83. The Morgan fingerprint density at radius 2 is 1.79 bits per heavy atom. The van der Waals surface area contributed by atoms with E-state index in [1.807, 2.05) is 0 Å². The van der Waals surface area contributed by atoms with E-state index in [4.69, 9.17) is 46.4 Å². The second-order valence-corrected chi connectivity index (χ2v) is 8.73. The summed E-state index contributed by atoms with van der Waals surface area (Å²) in [4.78, 5) is 24.7. The van der Waals surface area contributed by atoms with E-state index < -0.39 is 39.6 Å². The molecule has 2 amide bonds. The summed E-state index contributed by atoms with van der Waals surface area (Å²) in [6.45, 7) is 1.97. The van der Waals surface area contributed by atoms with Crippen LogP contribution in [0.5, 0.6) is 0 Å². The van der Waals surface area contributed by atoms with Gasteiger partial charge in [-0.25, -0.2) is 8.78 Å². The summed E-state index contributed by atoms with van der Waals surface area (Å²) in [6.07, 6.45) is 0. The molecule has 10 heteroatoms. The molecule has 2 aromatic rings. The van der Waals surface area contributed by atoms with Crippen LogP contribution in [0.25, 0.3) is 0 Å². The minimum Gasteiger partial charge on any atom is -0.352 e. The van der Waals surface area contributed by atoms with Crippen LogP contribution in [0, 0.1) is 17.6 Å². The van der Waals surface area contributed by atoms with E-state index in [2.05, 4.69) is 10.6 Å². The van der Waals surface area contributed by atoms with Crippen molar-refractivity contribution < 1.29 is 18.4 Å². The van der Waals surface area contributed by atoms with Crippen LogP contribution in [-0.4, -0.2) is 22.7 Å². The van der Waals surface area contributed by atoms with Gasteiger partial charge in [0.1, 0.15) is 10.2 Å². The largest absolute Gasteiger partial charge is 0.352 e. The summed E-state index contributed by atoms with van der Waals surface area (Å²) < 4.78 is 26.1. The van der Waals surface area contributed by atoms with Crippen LogP contribution in [0.15, 0.2) is 30.3 Å². The first-order valence-corrected chi connectivity index (χ1v) is 10.00. The van der Waals surface area contributed by atoms with Crippen molar-refractivity contribution in [2.75, 3.05) is 11.9 Å². The molecule has 3 rings (SSSR count). The maximum absolute atomic E-state index is 14.1. The highest BCUT2D eigenvalue weighted by atomic mass is 35.5. The molecule has 0 saturated heterocycles. The quantitative estimate of drug-likeness (QED) is 0.550. The number of anilines is 1. The van der Waals surface area contributed by atoms with Crippen LogP contribution in [0.1, 0.15) is 28.8 Å². The highest BCUT2D eigenvalue weighted by Gasteiger charge is 2.67. The Bertz CT molecular complexity index is 1000. The second kappa shape index (κ2) is 8.26. The number of alkyl halides is 2. The minimum atomic E-state index is -1.43. The molecule has 1 aliphatic rings. The zero-order valence-corrected chi connectivity index (χ0v) is 17.9. The average molecular weight is 482 g/mol. The van der Waals surface area contributed by atoms with Crippen LogP contribution in [0.4, 0.5) is 14.5 Å². The van der Waals surface area contributed by atoms with Gasteiger partial charge in [-0.15, -0.1) is 23.2 Å². The van der Waals surface area contributed by atoms with E-state index in [9.17, 15) is 18.4 Å². The minimum absolute atomic E-state index is 0.106. The molecule has 1 fully saturated rings. The zero-order valence-electron chi connectivity index (χ0n) is 14.8. The van der Waals surface area contributed by atoms with Gasteiger partial charge >= 0.3 is 0 Å². The highest BCUT2D eigenvalue weighted by Crippen LogP contribution is 2.65. The number of rotatable bonds is 5. The lowest BCUT2D eigenvalue weighted by Gasteiger charge is -2.10. The zero-order chi connectivity index (χ0) is 21.5. The number of carbonyl (C=O) groups is 2. The van der Waals surface area contributed by atoms with Gasteiger partial charge in [-0.3, -0.25) is 9.59 Å². The SMILES string of the molecule is CCNC(=O)c1cc(NC(=O)[C@H]2[C@H](c3ccc(F)c(Cl)c3)C2(Cl)Cl)cc(Cl)c1F. The number of halogens is 6. The van der Waals surface area contributed by atoms with Crippen molar-refractivity contribution in [3.05, 3.63) is 63.1 Å². The third-order valence-electron chi connectivity index (χ3n) is 4.52. The number of hydrogen-bond acceptors (Lipinski definition) is 2. The van der Waals surface area contributed by atoms with Gasteiger partial charge < -0.3 is 10.6 Å². The van der Waals surface area contributed by atoms with Crippen molar-refractivity contribution in [3.63, 3.8) is 0 Å². The molecule has 0 bridgehead atoms. The first-order valence-electron chi connectivity index (χ1n) is 8.48. The van der Waals surface area contributed by atoms with Crippen molar-refractivity contribution in [2.24, 2.45) is 5.92 Å². The number of carbonyl (C=O) groups excluding carboxylic acids is 2. The molecule has 154 valence electrons. The molecule has 0 aromatic heterocycles. The maximum Gasteiger partial charge on any atom is 0.254 e. The molecule has 2 aromatic carbocycles. The fraction of sp³-hybridized carbons (Fsp3) is 0.263. The number of nitrogens with one attached hydrogen (secondary N) is 2. The van der Waals surface area contributed by atoms with Crippen LogP contribution in [0.2, 0.25) is 10.0 Å². The third-order valence-corrected chi connectivity index (χ3v) is 6.02. The first-order chi connectivity index (χ1) is 13.6. The van der Waals surface area contributed by atoms with Gasteiger partial charge in [0.2, 0.25) is 5.91 Å². The van der Waals surface area contributed by atoms with Gasteiger partial charge in [-0.05, 0) is 36.8 Å². The van der Waals surface area contributed by atoms with E-state index >= 15 is 0 Å². The third kappa shape index (κ3) is 4.31. The fourth-order valence-corrected chi connectivity index (χ4v) is 4.31. The number of amides is 2. The van der Waals surface area contributed by atoms with E-state index in [-0.39, 0.29) is 27.8 Å². The molecule has 0 radical (unpaired) electrons. The second-order valence-electron chi connectivity index (χ2n) is 6.47. The molecular weight excluding hydrogens is 468 g/mol. The van der Waals surface area contributed by atoms with Crippen molar-refractivity contribution in [2.45, 2.75) is 17.2 Å². The molecule has 0 spiro atoms.